The molecule has 0 saturated carbocycles. The molecule has 0 aliphatic rings. The quantitative estimate of drug-likeness (QED) is 0.154. The van der Waals surface area contributed by atoms with Crippen molar-refractivity contribution in [1.29, 1.82) is 0 Å². The fourth-order valence-electron chi connectivity index (χ4n) is 4.34. The number of amides is 2. The second kappa shape index (κ2) is 13.5. The lowest BCUT2D eigenvalue weighted by atomic mass is 9.91. The van der Waals surface area contributed by atoms with Gasteiger partial charge in [0.05, 0.1) is 11.1 Å². The van der Waals surface area contributed by atoms with Gasteiger partial charge >= 0.3 is 6.09 Å². The monoisotopic (exact) mass is 698 g/mol. The molecule has 9 nitrogen and oxygen atoms in total. The van der Waals surface area contributed by atoms with Gasteiger partial charge in [0.15, 0.2) is 5.65 Å². The predicted molar refractivity (Wildman–Crippen MR) is 188 cm³/mol. The van der Waals surface area contributed by atoms with E-state index in [4.69, 9.17) is 9.72 Å². The van der Waals surface area contributed by atoms with Gasteiger partial charge in [-0.25, -0.2) is 19.7 Å². The Labute approximate surface area is 281 Å². The van der Waals surface area contributed by atoms with Gasteiger partial charge in [-0.2, -0.15) is 0 Å². The minimum atomic E-state index is -0.593. The maximum Gasteiger partial charge on any atom is 0.412 e. The maximum atomic E-state index is 13.3. The summed E-state index contributed by atoms with van der Waals surface area (Å²) < 4.78 is 6.28. The van der Waals surface area contributed by atoms with Gasteiger partial charge in [0.1, 0.15) is 17.7 Å². The van der Waals surface area contributed by atoms with E-state index >= 15 is 0 Å². The smallest absolute Gasteiger partial charge is 0.412 e. The summed E-state index contributed by atoms with van der Waals surface area (Å²) in [5.74, 6) is 0.325. The number of halogens is 1. The Morgan fingerprint density at radius 3 is 2.15 bits per heavy atom. The standard InChI is InChI=1S/C35H35BrN6O3S/c1-34(2,3)29-18-16-26-30(37-20-38-31(26)42-29)41-27-19-21(32(43)39-23-10-8-22(36)9-11-23)7-17-28(27)46-25-14-12-24(13-15-25)40-33(44)45-35(4,5)6/h7-20H,1-6H3,(H,39,43)(H,40,44)(H,37,38,41,42). The lowest BCUT2D eigenvalue weighted by Crippen LogP contribution is -2.27. The molecule has 2 aromatic heterocycles. The fraction of sp³-hybridized carbons (Fsp3) is 0.229. The average Bonchev–Trinajstić information content (AvgIpc) is 2.98. The SMILES string of the molecule is CC(C)(C)OC(=O)Nc1ccc(Sc2ccc(C(=O)Nc3ccc(Br)cc3)cc2Nc2ncnc3nc(C(C)(C)C)ccc23)cc1. The molecule has 5 aromatic rings. The van der Waals surface area contributed by atoms with Crippen molar-refractivity contribution in [3.63, 3.8) is 0 Å². The second-order valence-electron chi connectivity index (χ2n) is 12.6. The van der Waals surface area contributed by atoms with Crippen LogP contribution in [0.25, 0.3) is 11.0 Å². The van der Waals surface area contributed by atoms with Crippen molar-refractivity contribution in [3.8, 4) is 0 Å². The van der Waals surface area contributed by atoms with Gasteiger partial charge in [-0.3, -0.25) is 10.1 Å². The number of pyridine rings is 1. The summed E-state index contributed by atoms with van der Waals surface area (Å²) >= 11 is 4.93. The molecule has 0 radical (unpaired) electrons. The van der Waals surface area contributed by atoms with Gasteiger partial charge in [0, 0.05) is 42.3 Å². The lowest BCUT2D eigenvalue weighted by Gasteiger charge is -2.19. The van der Waals surface area contributed by atoms with E-state index in [-0.39, 0.29) is 11.3 Å². The van der Waals surface area contributed by atoms with E-state index in [1.165, 1.54) is 18.1 Å². The number of hydrogen-bond acceptors (Lipinski definition) is 8. The first-order valence-electron chi connectivity index (χ1n) is 14.6. The van der Waals surface area contributed by atoms with Crippen molar-refractivity contribution in [2.45, 2.75) is 62.3 Å². The van der Waals surface area contributed by atoms with Crippen LogP contribution in [0.2, 0.25) is 0 Å². The number of benzene rings is 3. The highest BCUT2D eigenvalue weighted by Gasteiger charge is 2.19. The Morgan fingerprint density at radius 1 is 0.804 bits per heavy atom. The summed E-state index contributed by atoms with van der Waals surface area (Å²) in [7, 11) is 0. The van der Waals surface area contributed by atoms with Gasteiger partial charge in [-0.05, 0) is 99.6 Å². The number of ether oxygens (including phenoxy) is 1. The molecule has 236 valence electrons. The number of anilines is 4. The van der Waals surface area contributed by atoms with E-state index in [1.54, 1.807) is 12.1 Å². The number of carbonyl (C=O) groups is 2. The Kier molecular flexibility index (Phi) is 9.64. The molecule has 0 fully saturated rings. The van der Waals surface area contributed by atoms with E-state index in [9.17, 15) is 9.59 Å². The van der Waals surface area contributed by atoms with Crippen molar-refractivity contribution in [1.82, 2.24) is 15.0 Å². The molecule has 0 unspecified atom stereocenters. The molecule has 3 aromatic carbocycles. The van der Waals surface area contributed by atoms with Gasteiger partial charge in [0.2, 0.25) is 0 Å². The van der Waals surface area contributed by atoms with Crippen molar-refractivity contribution < 1.29 is 14.3 Å². The van der Waals surface area contributed by atoms with Crippen LogP contribution in [0.15, 0.2) is 99.5 Å². The lowest BCUT2D eigenvalue weighted by molar-refractivity contribution is 0.0635. The number of fused-ring (bicyclic) bond motifs is 1. The molecule has 3 N–H and O–H groups in total. The van der Waals surface area contributed by atoms with Crippen LogP contribution in [-0.4, -0.2) is 32.6 Å². The number of nitrogens with one attached hydrogen (secondary N) is 3. The molecule has 2 heterocycles. The first kappa shape index (κ1) is 32.9. The van der Waals surface area contributed by atoms with Crippen LogP contribution in [-0.2, 0) is 10.2 Å². The third-order valence-corrected chi connectivity index (χ3v) is 8.20. The van der Waals surface area contributed by atoms with Crippen LogP contribution in [0.1, 0.15) is 57.6 Å². The number of aromatic nitrogens is 3. The summed E-state index contributed by atoms with van der Waals surface area (Å²) in [4.78, 5) is 41.0. The largest absolute Gasteiger partial charge is 0.444 e. The highest BCUT2D eigenvalue weighted by Crippen LogP contribution is 2.37. The molecular weight excluding hydrogens is 664 g/mol. The summed E-state index contributed by atoms with van der Waals surface area (Å²) in [6, 6.07) is 24.3. The van der Waals surface area contributed by atoms with Gasteiger partial charge < -0.3 is 15.4 Å². The third kappa shape index (κ3) is 8.61. The van der Waals surface area contributed by atoms with E-state index in [2.05, 4.69) is 62.6 Å². The molecule has 0 bridgehead atoms. The van der Waals surface area contributed by atoms with Gasteiger partial charge in [0.25, 0.3) is 5.91 Å². The summed E-state index contributed by atoms with van der Waals surface area (Å²) in [5.41, 5.74) is 3.24. The van der Waals surface area contributed by atoms with Crippen molar-refractivity contribution in [2.75, 3.05) is 16.0 Å². The zero-order valence-corrected chi connectivity index (χ0v) is 28.8. The van der Waals surface area contributed by atoms with E-state index in [0.717, 1.165) is 25.3 Å². The summed E-state index contributed by atoms with van der Waals surface area (Å²) in [5, 5.41) is 9.92. The molecule has 11 heteroatoms. The van der Waals surface area contributed by atoms with Crippen LogP contribution in [0.4, 0.5) is 27.7 Å². The highest BCUT2D eigenvalue weighted by atomic mass is 79.9. The molecule has 0 aliphatic heterocycles. The van der Waals surface area contributed by atoms with Crippen molar-refractivity contribution >= 4 is 73.6 Å². The van der Waals surface area contributed by atoms with Crippen LogP contribution < -0.4 is 16.0 Å². The molecular formula is C35H35BrN6O3S. The molecule has 2 amide bonds. The molecule has 0 saturated heterocycles. The molecule has 0 atom stereocenters. The van der Waals surface area contributed by atoms with E-state index in [1.807, 2.05) is 87.5 Å². The highest BCUT2D eigenvalue weighted by molar-refractivity contribution is 9.10. The van der Waals surface area contributed by atoms with E-state index in [0.29, 0.717) is 34.1 Å². The first-order valence-corrected chi connectivity index (χ1v) is 16.2. The zero-order chi connectivity index (χ0) is 33.1. The first-order chi connectivity index (χ1) is 21.7. The topological polar surface area (TPSA) is 118 Å². The number of carbonyl (C=O) groups excluding carboxylic acids is 2. The van der Waals surface area contributed by atoms with Crippen LogP contribution in [0, 0.1) is 0 Å². The number of nitrogens with zero attached hydrogens (tertiary/aromatic N) is 3. The van der Waals surface area contributed by atoms with Crippen molar-refractivity contribution in [2.24, 2.45) is 0 Å². The normalized spacial score (nSPS) is 11.6. The maximum absolute atomic E-state index is 13.3. The second-order valence-corrected chi connectivity index (χ2v) is 14.6. The molecule has 46 heavy (non-hydrogen) atoms. The van der Waals surface area contributed by atoms with Gasteiger partial charge in [-0.1, -0.05) is 48.5 Å². The average molecular weight is 700 g/mol. The fourth-order valence-corrected chi connectivity index (χ4v) is 5.48. The molecule has 0 aliphatic carbocycles. The minimum Gasteiger partial charge on any atom is -0.444 e. The van der Waals surface area contributed by atoms with Crippen LogP contribution >= 0.6 is 27.7 Å². The van der Waals surface area contributed by atoms with E-state index < -0.39 is 11.7 Å². The van der Waals surface area contributed by atoms with Crippen LogP contribution in [0.5, 0.6) is 0 Å². The Hall–Kier alpha value is -4.48. The van der Waals surface area contributed by atoms with Crippen molar-refractivity contribution in [3.05, 3.63) is 101 Å². The van der Waals surface area contributed by atoms with Crippen LogP contribution in [0.3, 0.4) is 0 Å². The molecule has 0 spiro atoms. The Bertz CT molecular complexity index is 1890. The molecule has 5 rings (SSSR count). The summed E-state index contributed by atoms with van der Waals surface area (Å²) in [6.45, 7) is 11.8. The number of hydrogen-bond donors (Lipinski definition) is 3. The zero-order valence-electron chi connectivity index (χ0n) is 26.4. The Balaban J connectivity index is 1.45. The predicted octanol–water partition coefficient (Wildman–Crippen LogP) is 9.58. The van der Waals surface area contributed by atoms with Gasteiger partial charge in [-0.15, -0.1) is 0 Å². The number of rotatable bonds is 7. The third-order valence-electron chi connectivity index (χ3n) is 6.59. The Morgan fingerprint density at radius 2 is 1.48 bits per heavy atom. The minimum absolute atomic E-state index is 0.134. The summed E-state index contributed by atoms with van der Waals surface area (Å²) in [6.07, 6.45) is 0.967.